The highest BCUT2D eigenvalue weighted by molar-refractivity contribution is 7.98. The van der Waals surface area contributed by atoms with E-state index in [0.29, 0.717) is 31.1 Å². The number of amides is 1. The summed E-state index contributed by atoms with van der Waals surface area (Å²) in [5.74, 6) is 2.25. The Morgan fingerprint density at radius 2 is 2.00 bits per heavy atom. The lowest BCUT2D eigenvalue weighted by Crippen LogP contribution is -2.24. The van der Waals surface area contributed by atoms with Crippen molar-refractivity contribution in [2.24, 2.45) is 5.92 Å². The lowest BCUT2D eigenvalue weighted by atomic mass is 10.2. The number of para-hydroxylation sites is 1. The summed E-state index contributed by atoms with van der Waals surface area (Å²) in [5, 5.41) is 12.4. The molecule has 0 spiro atoms. The molecule has 1 heterocycles. The van der Waals surface area contributed by atoms with Gasteiger partial charge in [-0.25, -0.2) is 4.39 Å². The van der Waals surface area contributed by atoms with Crippen LogP contribution in [0.3, 0.4) is 0 Å². The van der Waals surface area contributed by atoms with Crippen LogP contribution in [0.4, 0.5) is 4.39 Å². The second-order valence-electron chi connectivity index (χ2n) is 7.91. The first-order valence-corrected chi connectivity index (χ1v) is 11.6. The third-order valence-corrected chi connectivity index (χ3v) is 5.88. The highest BCUT2D eigenvalue weighted by atomic mass is 32.2. The Balaban J connectivity index is 1.59. The second-order valence-corrected chi connectivity index (χ2v) is 8.85. The molecule has 1 aromatic heterocycles. The molecule has 0 fully saturated rings. The van der Waals surface area contributed by atoms with Gasteiger partial charge in [-0.15, -0.1) is 10.2 Å². The summed E-state index contributed by atoms with van der Waals surface area (Å²) in [6.45, 7) is 5.43. The molecular formula is C24H29FN4O2S. The van der Waals surface area contributed by atoms with Crippen molar-refractivity contribution < 1.29 is 13.9 Å². The zero-order valence-electron chi connectivity index (χ0n) is 18.7. The number of rotatable bonds is 11. The Labute approximate surface area is 192 Å². The summed E-state index contributed by atoms with van der Waals surface area (Å²) in [4.78, 5) is 12.4. The van der Waals surface area contributed by atoms with Crippen molar-refractivity contribution in [3.63, 3.8) is 0 Å². The van der Waals surface area contributed by atoms with E-state index < -0.39 is 0 Å². The van der Waals surface area contributed by atoms with Crippen LogP contribution < -0.4 is 10.1 Å². The maximum Gasteiger partial charge on any atom is 0.220 e. The monoisotopic (exact) mass is 456 g/mol. The first-order chi connectivity index (χ1) is 15.5. The van der Waals surface area contributed by atoms with Crippen LogP contribution in [0.15, 0.2) is 53.7 Å². The predicted octanol–water partition coefficient (Wildman–Crippen LogP) is 4.62. The number of aryl methyl sites for hydroxylation is 1. The van der Waals surface area contributed by atoms with E-state index in [1.54, 1.807) is 13.2 Å². The Kier molecular flexibility index (Phi) is 8.67. The minimum atomic E-state index is -0.244. The van der Waals surface area contributed by atoms with Crippen molar-refractivity contribution in [1.82, 2.24) is 20.1 Å². The first kappa shape index (κ1) is 23.8. The van der Waals surface area contributed by atoms with Gasteiger partial charge in [-0.05, 0) is 29.7 Å². The average molecular weight is 457 g/mol. The molecule has 0 atom stereocenters. The number of nitrogens with zero attached hydrogens (tertiary/aromatic N) is 3. The number of hydrogen-bond donors (Lipinski definition) is 1. The van der Waals surface area contributed by atoms with Crippen molar-refractivity contribution in [1.29, 1.82) is 0 Å². The van der Waals surface area contributed by atoms with Crippen LogP contribution in [0.1, 0.15) is 37.2 Å². The Morgan fingerprint density at radius 3 is 2.75 bits per heavy atom. The van der Waals surface area contributed by atoms with E-state index in [4.69, 9.17) is 4.74 Å². The van der Waals surface area contributed by atoms with E-state index in [-0.39, 0.29) is 11.7 Å². The predicted molar refractivity (Wildman–Crippen MR) is 124 cm³/mol. The van der Waals surface area contributed by atoms with E-state index in [9.17, 15) is 9.18 Å². The number of hydrogen-bond acceptors (Lipinski definition) is 5. The standard InChI is InChI=1S/C24H29FN4O2S/c1-17(2)15-29-22(27-28-24(29)32-16-18-7-6-9-20(25)13-18)11-12-23(30)26-14-19-8-4-5-10-21(19)31-3/h4-10,13,17H,11-12,14-16H2,1-3H3,(H,26,30). The van der Waals surface area contributed by atoms with Crippen LogP contribution in [0.25, 0.3) is 0 Å². The molecule has 0 aliphatic rings. The third kappa shape index (κ3) is 6.82. The molecule has 3 aromatic rings. The van der Waals surface area contributed by atoms with Crippen LogP contribution in [-0.4, -0.2) is 27.8 Å². The molecule has 3 rings (SSSR count). The van der Waals surface area contributed by atoms with Gasteiger partial charge in [0.1, 0.15) is 17.4 Å². The highest BCUT2D eigenvalue weighted by Gasteiger charge is 2.15. The maximum atomic E-state index is 13.5. The van der Waals surface area contributed by atoms with Crippen LogP contribution >= 0.6 is 11.8 Å². The lowest BCUT2D eigenvalue weighted by molar-refractivity contribution is -0.121. The van der Waals surface area contributed by atoms with Gasteiger partial charge in [-0.1, -0.05) is 55.9 Å². The summed E-state index contributed by atoms with van der Waals surface area (Å²) < 4.78 is 20.9. The minimum Gasteiger partial charge on any atom is -0.496 e. The van der Waals surface area contributed by atoms with Gasteiger partial charge in [0.15, 0.2) is 5.16 Å². The molecule has 0 aliphatic carbocycles. The van der Waals surface area contributed by atoms with Crippen LogP contribution in [0.5, 0.6) is 5.75 Å². The summed E-state index contributed by atoms with van der Waals surface area (Å²) in [6.07, 6.45) is 0.817. The molecule has 0 saturated carbocycles. The number of halogens is 1. The van der Waals surface area contributed by atoms with Crippen molar-refractivity contribution in [3.8, 4) is 5.75 Å². The summed E-state index contributed by atoms with van der Waals surface area (Å²) in [6, 6.07) is 14.2. The molecule has 0 unspecified atom stereocenters. The molecule has 170 valence electrons. The number of ether oxygens (including phenoxy) is 1. The van der Waals surface area contributed by atoms with Gasteiger partial charge < -0.3 is 14.6 Å². The number of benzene rings is 2. The molecule has 32 heavy (non-hydrogen) atoms. The topological polar surface area (TPSA) is 69.0 Å². The van der Waals surface area contributed by atoms with Crippen molar-refractivity contribution in [3.05, 3.63) is 71.3 Å². The number of carbonyl (C=O) groups is 1. The van der Waals surface area contributed by atoms with Gasteiger partial charge in [0.05, 0.1) is 7.11 Å². The molecule has 6 nitrogen and oxygen atoms in total. The number of nitrogens with one attached hydrogen (secondary N) is 1. The first-order valence-electron chi connectivity index (χ1n) is 10.6. The molecule has 2 aromatic carbocycles. The summed E-state index contributed by atoms with van der Waals surface area (Å²) >= 11 is 1.53. The fraction of sp³-hybridized carbons (Fsp3) is 0.375. The van der Waals surface area contributed by atoms with E-state index >= 15 is 0 Å². The number of thioether (sulfide) groups is 1. The lowest BCUT2D eigenvalue weighted by Gasteiger charge is -2.13. The molecule has 8 heteroatoms. The zero-order valence-corrected chi connectivity index (χ0v) is 19.5. The normalized spacial score (nSPS) is 11.0. The van der Waals surface area contributed by atoms with Crippen LogP contribution in [0.2, 0.25) is 0 Å². The second kappa shape index (κ2) is 11.7. The van der Waals surface area contributed by atoms with Crippen molar-refractivity contribution in [2.75, 3.05) is 7.11 Å². The molecule has 0 aliphatic heterocycles. The fourth-order valence-electron chi connectivity index (χ4n) is 3.29. The van der Waals surface area contributed by atoms with Gasteiger partial charge in [-0.2, -0.15) is 0 Å². The molecular weight excluding hydrogens is 427 g/mol. The van der Waals surface area contributed by atoms with Gasteiger partial charge >= 0.3 is 0 Å². The average Bonchev–Trinajstić information content (AvgIpc) is 3.15. The molecule has 0 radical (unpaired) electrons. The third-order valence-electron chi connectivity index (χ3n) is 4.84. The van der Waals surface area contributed by atoms with E-state index in [1.807, 2.05) is 30.3 Å². The Hall–Kier alpha value is -2.87. The van der Waals surface area contributed by atoms with Gasteiger partial charge in [0.25, 0.3) is 0 Å². The number of methoxy groups -OCH3 is 1. The maximum absolute atomic E-state index is 13.5. The molecule has 1 N–H and O–H groups in total. The van der Waals surface area contributed by atoms with Crippen LogP contribution in [-0.2, 0) is 30.1 Å². The molecule has 0 bridgehead atoms. The van der Waals surface area contributed by atoms with Gasteiger partial charge in [-0.3, -0.25) is 4.79 Å². The van der Waals surface area contributed by atoms with E-state index in [2.05, 4.69) is 33.9 Å². The van der Waals surface area contributed by atoms with Crippen LogP contribution in [0, 0.1) is 11.7 Å². The quantitative estimate of drug-likeness (QED) is 0.426. The fourth-order valence-corrected chi connectivity index (χ4v) is 4.20. The SMILES string of the molecule is COc1ccccc1CNC(=O)CCc1nnc(SCc2cccc(F)c2)n1CC(C)C. The minimum absolute atomic E-state index is 0.0519. The van der Waals surface area contributed by atoms with Crippen molar-refractivity contribution in [2.45, 2.75) is 50.7 Å². The van der Waals surface area contributed by atoms with Gasteiger partial charge in [0.2, 0.25) is 5.91 Å². The summed E-state index contributed by atoms with van der Waals surface area (Å²) in [5.41, 5.74) is 1.83. The van der Waals surface area contributed by atoms with Crippen molar-refractivity contribution >= 4 is 17.7 Å². The number of carbonyl (C=O) groups excluding carboxylic acids is 1. The Morgan fingerprint density at radius 1 is 1.19 bits per heavy atom. The Bertz CT molecular complexity index is 1040. The van der Waals surface area contributed by atoms with E-state index in [0.717, 1.165) is 34.4 Å². The van der Waals surface area contributed by atoms with E-state index in [1.165, 1.54) is 23.9 Å². The smallest absolute Gasteiger partial charge is 0.220 e. The van der Waals surface area contributed by atoms with Gasteiger partial charge in [0, 0.05) is 37.2 Å². The highest BCUT2D eigenvalue weighted by Crippen LogP contribution is 2.24. The molecule has 1 amide bonds. The zero-order chi connectivity index (χ0) is 22.9. The largest absolute Gasteiger partial charge is 0.496 e. The summed E-state index contributed by atoms with van der Waals surface area (Å²) in [7, 11) is 1.62. The molecule has 0 saturated heterocycles. The number of aromatic nitrogens is 3.